The van der Waals surface area contributed by atoms with E-state index in [1.54, 1.807) is 18.2 Å². The third kappa shape index (κ3) is 3.78. The summed E-state index contributed by atoms with van der Waals surface area (Å²) < 4.78 is 5.32. The Morgan fingerprint density at radius 2 is 1.62 bits per heavy atom. The van der Waals surface area contributed by atoms with Crippen LogP contribution >= 0.6 is 0 Å². The predicted octanol–water partition coefficient (Wildman–Crippen LogP) is 4.12. The van der Waals surface area contributed by atoms with Crippen LogP contribution in [0.4, 0.5) is 0 Å². The van der Waals surface area contributed by atoms with Crippen LogP contribution in [0, 0.1) is 0 Å². The van der Waals surface area contributed by atoms with Crippen LogP contribution in [0.5, 0.6) is 0 Å². The van der Waals surface area contributed by atoms with Crippen molar-refractivity contribution in [3.05, 3.63) is 59.7 Å². The van der Waals surface area contributed by atoms with E-state index in [9.17, 15) is 9.59 Å². The Bertz CT molecular complexity index is 649. The summed E-state index contributed by atoms with van der Waals surface area (Å²) in [5, 5.41) is 0. The molecule has 0 fully saturated rings. The van der Waals surface area contributed by atoms with Crippen molar-refractivity contribution >= 4 is 12.3 Å². The molecule has 0 saturated carbocycles. The lowest BCUT2D eigenvalue weighted by atomic mass is 9.99. The molecule has 0 saturated heterocycles. The van der Waals surface area contributed by atoms with E-state index < -0.39 is 5.60 Å². The van der Waals surface area contributed by atoms with Crippen LogP contribution < -0.4 is 0 Å². The molecule has 2 aromatic carbocycles. The van der Waals surface area contributed by atoms with Crippen molar-refractivity contribution in [3.8, 4) is 11.1 Å². The zero-order valence-electron chi connectivity index (χ0n) is 12.4. The second-order valence-electron chi connectivity index (χ2n) is 5.78. The van der Waals surface area contributed by atoms with E-state index in [0.29, 0.717) is 11.1 Å². The van der Waals surface area contributed by atoms with Crippen molar-refractivity contribution in [2.24, 2.45) is 0 Å². The topological polar surface area (TPSA) is 43.4 Å². The van der Waals surface area contributed by atoms with Crippen LogP contribution in [-0.4, -0.2) is 17.9 Å². The fourth-order valence-electron chi connectivity index (χ4n) is 1.99. The van der Waals surface area contributed by atoms with Crippen LogP contribution in [-0.2, 0) is 4.74 Å². The average Bonchev–Trinajstić information content (AvgIpc) is 2.45. The summed E-state index contributed by atoms with van der Waals surface area (Å²) in [6.45, 7) is 5.50. The molecule has 21 heavy (non-hydrogen) atoms. The minimum atomic E-state index is -0.514. The lowest BCUT2D eigenvalue weighted by molar-refractivity contribution is 0.00695. The van der Waals surface area contributed by atoms with E-state index in [1.165, 1.54) is 0 Å². The molecule has 0 radical (unpaired) electrons. The van der Waals surface area contributed by atoms with Crippen molar-refractivity contribution in [2.45, 2.75) is 26.4 Å². The summed E-state index contributed by atoms with van der Waals surface area (Å²) >= 11 is 0. The van der Waals surface area contributed by atoms with E-state index in [2.05, 4.69) is 0 Å². The van der Waals surface area contributed by atoms with Gasteiger partial charge in [-0.1, -0.05) is 36.4 Å². The van der Waals surface area contributed by atoms with Gasteiger partial charge < -0.3 is 4.74 Å². The molecule has 0 aromatic heterocycles. The molecular weight excluding hydrogens is 264 g/mol. The van der Waals surface area contributed by atoms with Crippen molar-refractivity contribution in [3.63, 3.8) is 0 Å². The second kappa shape index (κ2) is 5.92. The molecular formula is C18H18O3. The van der Waals surface area contributed by atoms with Crippen LogP contribution in [0.2, 0.25) is 0 Å². The van der Waals surface area contributed by atoms with Gasteiger partial charge in [0.1, 0.15) is 5.60 Å². The zero-order valence-corrected chi connectivity index (χ0v) is 12.4. The molecule has 3 heteroatoms. The molecule has 3 nitrogen and oxygen atoms in total. The van der Waals surface area contributed by atoms with Gasteiger partial charge in [-0.25, -0.2) is 4.79 Å². The Morgan fingerprint density at radius 1 is 1.00 bits per heavy atom. The number of benzene rings is 2. The molecule has 0 atom stereocenters. The Labute approximate surface area is 124 Å². The normalized spacial score (nSPS) is 11.0. The van der Waals surface area contributed by atoms with E-state index in [0.717, 1.165) is 17.4 Å². The van der Waals surface area contributed by atoms with Gasteiger partial charge in [-0.05, 0) is 44.0 Å². The summed E-state index contributed by atoms with van der Waals surface area (Å²) in [7, 11) is 0. The van der Waals surface area contributed by atoms with Crippen molar-refractivity contribution in [1.29, 1.82) is 0 Å². The Kier molecular flexibility index (Phi) is 4.22. The lowest BCUT2D eigenvalue weighted by Gasteiger charge is -2.19. The van der Waals surface area contributed by atoms with Crippen molar-refractivity contribution < 1.29 is 14.3 Å². The van der Waals surface area contributed by atoms with Gasteiger partial charge in [-0.15, -0.1) is 0 Å². The zero-order chi connectivity index (χ0) is 15.5. The summed E-state index contributed by atoms with van der Waals surface area (Å²) in [5.74, 6) is -0.349. The van der Waals surface area contributed by atoms with Gasteiger partial charge in [0.15, 0.2) is 6.29 Å². The molecule has 0 heterocycles. The van der Waals surface area contributed by atoms with Crippen LogP contribution in [0.1, 0.15) is 41.5 Å². The molecule has 0 aliphatic heterocycles. The first-order chi connectivity index (χ1) is 9.90. The van der Waals surface area contributed by atoms with Crippen molar-refractivity contribution in [2.75, 3.05) is 0 Å². The summed E-state index contributed by atoms with van der Waals surface area (Å²) in [6.07, 6.45) is 0.830. The SMILES string of the molecule is CC(C)(C)OC(=O)c1ccc(-c2ccccc2C=O)cc1. The van der Waals surface area contributed by atoms with Gasteiger partial charge in [-0.2, -0.15) is 0 Å². The molecule has 2 aromatic rings. The number of aldehydes is 1. The first-order valence-electron chi connectivity index (χ1n) is 6.79. The summed E-state index contributed by atoms with van der Waals surface area (Å²) in [4.78, 5) is 23.0. The monoisotopic (exact) mass is 282 g/mol. The van der Waals surface area contributed by atoms with Gasteiger partial charge in [0.25, 0.3) is 0 Å². The number of hydrogen-bond acceptors (Lipinski definition) is 3. The van der Waals surface area contributed by atoms with Gasteiger partial charge in [0, 0.05) is 5.56 Å². The number of esters is 1. The fraction of sp³-hybridized carbons (Fsp3) is 0.222. The minimum Gasteiger partial charge on any atom is -0.456 e. The van der Waals surface area contributed by atoms with E-state index in [-0.39, 0.29) is 5.97 Å². The number of hydrogen-bond donors (Lipinski definition) is 0. The summed E-state index contributed by atoms with van der Waals surface area (Å²) in [6, 6.07) is 14.4. The Balaban J connectivity index is 2.27. The maximum absolute atomic E-state index is 12.0. The van der Waals surface area contributed by atoms with E-state index in [4.69, 9.17) is 4.74 Å². The third-order valence-corrected chi connectivity index (χ3v) is 2.92. The smallest absolute Gasteiger partial charge is 0.338 e. The molecule has 0 N–H and O–H groups in total. The third-order valence-electron chi connectivity index (χ3n) is 2.92. The van der Waals surface area contributed by atoms with E-state index >= 15 is 0 Å². The maximum atomic E-state index is 12.0. The highest BCUT2D eigenvalue weighted by Crippen LogP contribution is 2.23. The molecule has 0 bridgehead atoms. The number of carbonyl (C=O) groups excluding carboxylic acids is 2. The quantitative estimate of drug-likeness (QED) is 0.628. The largest absolute Gasteiger partial charge is 0.456 e. The van der Waals surface area contributed by atoms with Gasteiger partial charge >= 0.3 is 5.97 Å². The van der Waals surface area contributed by atoms with Crippen molar-refractivity contribution in [1.82, 2.24) is 0 Å². The highest BCUT2D eigenvalue weighted by Gasteiger charge is 2.17. The average molecular weight is 282 g/mol. The van der Waals surface area contributed by atoms with Gasteiger partial charge in [-0.3, -0.25) is 4.79 Å². The highest BCUT2D eigenvalue weighted by molar-refractivity contribution is 5.91. The number of carbonyl (C=O) groups is 2. The van der Waals surface area contributed by atoms with Gasteiger partial charge in [0.05, 0.1) is 5.56 Å². The summed E-state index contributed by atoms with van der Waals surface area (Å²) in [5.41, 5.74) is 2.35. The van der Waals surface area contributed by atoms with Crippen LogP contribution in [0.25, 0.3) is 11.1 Å². The molecule has 0 spiro atoms. The number of ether oxygens (including phenoxy) is 1. The maximum Gasteiger partial charge on any atom is 0.338 e. The first-order valence-corrected chi connectivity index (χ1v) is 6.79. The highest BCUT2D eigenvalue weighted by atomic mass is 16.6. The lowest BCUT2D eigenvalue weighted by Crippen LogP contribution is -2.23. The van der Waals surface area contributed by atoms with E-state index in [1.807, 2.05) is 51.1 Å². The predicted molar refractivity (Wildman–Crippen MR) is 82.4 cm³/mol. The van der Waals surface area contributed by atoms with Gasteiger partial charge in [0.2, 0.25) is 0 Å². The van der Waals surface area contributed by atoms with Crippen LogP contribution in [0.15, 0.2) is 48.5 Å². The molecule has 0 amide bonds. The Morgan fingerprint density at radius 3 is 2.19 bits per heavy atom. The number of rotatable bonds is 3. The molecule has 2 rings (SSSR count). The standard InChI is InChI=1S/C18H18O3/c1-18(2,3)21-17(20)14-10-8-13(9-11-14)16-7-5-4-6-15(16)12-19/h4-12H,1-3H3. The fourth-order valence-corrected chi connectivity index (χ4v) is 1.99. The van der Waals surface area contributed by atoms with Crippen LogP contribution in [0.3, 0.4) is 0 Å². The second-order valence-corrected chi connectivity index (χ2v) is 5.78. The Hall–Kier alpha value is -2.42. The molecule has 0 aliphatic carbocycles. The first kappa shape index (κ1) is 15.0. The minimum absolute atomic E-state index is 0.349. The molecule has 0 unspecified atom stereocenters. The molecule has 108 valence electrons. The molecule has 0 aliphatic rings.